The predicted octanol–water partition coefficient (Wildman–Crippen LogP) is 1.08. The summed E-state index contributed by atoms with van der Waals surface area (Å²) in [6, 6.07) is 3.93. The summed E-state index contributed by atoms with van der Waals surface area (Å²) in [5, 5.41) is 0.102. The fourth-order valence-electron chi connectivity index (χ4n) is 2.94. The molecule has 0 bridgehead atoms. The molecule has 8 heteroatoms. The Balaban J connectivity index is 1.91. The highest BCUT2D eigenvalue weighted by Crippen LogP contribution is 2.24. The van der Waals surface area contributed by atoms with Gasteiger partial charge in [0.1, 0.15) is 0 Å². The van der Waals surface area contributed by atoms with Gasteiger partial charge in [-0.25, -0.2) is 13.4 Å². The first-order valence-electron chi connectivity index (χ1n) is 7.62. The van der Waals surface area contributed by atoms with Crippen LogP contribution in [0.5, 0.6) is 0 Å². The lowest BCUT2D eigenvalue weighted by molar-refractivity contribution is 0.167. The summed E-state index contributed by atoms with van der Waals surface area (Å²) in [6.07, 6.45) is 5.88. The number of fused-ring (bicyclic) bond motifs is 1. The molecular weight excluding hydrogens is 316 g/mol. The van der Waals surface area contributed by atoms with Crippen molar-refractivity contribution in [2.75, 3.05) is 20.3 Å². The summed E-state index contributed by atoms with van der Waals surface area (Å²) in [5.74, 6) is 0.210. The zero-order valence-corrected chi connectivity index (χ0v) is 14.2. The van der Waals surface area contributed by atoms with Crippen LogP contribution in [0.1, 0.15) is 12.1 Å². The highest BCUT2D eigenvalue weighted by atomic mass is 32.2. The zero-order valence-electron chi connectivity index (χ0n) is 13.4. The van der Waals surface area contributed by atoms with Crippen molar-refractivity contribution < 1.29 is 13.2 Å². The minimum absolute atomic E-state index is 0.102. The van der Waals surface area contributed by atoms with E-state index in [0.29, 0.717) is 19.7 Å². The molecule has 0 saturated heterocycles. The van der Waals surface area contributed by atoms with E-state index in [4.69, 9.17) is 4.74 Å². The number of ether oxygens (including phenoxy) is 1. The number of rotatable bonds is 5. The standard InChI is InChI=1S/C15H22N4O3S/c1-17-11-15(16-12-17)23(20,21)19-9-13(5-7-22-2)8-18-6-3-4-14(18)10-19/h3-4,6,11-13H,5,7-10H2,1-2H3. The van der Waals surface area contributed by atoms with Crippen LogP contribution in [0.25, 0.3) is 0 Å². The lowest BCUT2D eigenvalue weighted by Crippen LogP contribution is -2.34. The third-order valence-electron chi connectivity index (χ3n) is 4.19. The minimum atomic E-state index is -3.60. The Labute approximate surface area is 136 Å². The van der Waals surface area contributed by atoms with Gasteiger partial charge in [-0.2, -0.15) is 4.31 Å². The Hall–Kier alpha value is -1.64. The van der Waals surface area contributed by atoms with Crippen LogP contribution in [0.3, 0.4) is 0 Å². The molecule has 2 aromatic rings. The Kier molecular flexibility index (Phi) is 4.56. The number of nitrogens with zero attached hydrogens (tertiary/aromatic N) is 4. The summed E-state index contributed by atoms with van der Waals surface area (Å²) in [6.45, 7) is 2.28. The minimum Gasteiger partial charge on any atom is -0.385 e. The number of methoxy groups -OCH3 is 1. The van der Waals surface area contributed by atoms with E-state index in [0.717, 1.165) is 18.7 Å². The first-order chi connectivity index (χ1) is 11.0. The van der Waals surface area contributed by atoms with Crippen molar-refractivity contribution in [2.45, 2.75) is 24.5 Å². The van der Waals surface area contributed by atoms with Crippen molar-refractivity contribution >= 4 is 10.0 Å². The van der Waals surface area contributed by atoms with Gasteiger partial charge in [0.15, 0.2) is 5.03 Å². The maximum Gasteiger partial charge on any atom is 0.262 e. The van der Waals surface area contributed by atoms with Gasteiger partial charge < -0.3 is 13.9 Å². The van der Waals surface area contributed by atoms with E-state index in [1.165, 1.54) is 10.6 Å². The number of aryl methyl sites for hydroxylation is 1. The molecule has 0 fully saturated rings. The van der Waals surface area contributed by atoms with Crippen LogP contribution in [0.4, 0.5) is 0 Å². The Morgan fingerprint density at radius 2 is 2.22 bits per heavy atom. The number of aromatic nitrogens is 3. The predicted molar refractivity (Wildman–Crippen MR) is 85.2 cm³/mol. The van der Waals surface area contributed by atoms with Gasteiger partial charge in [0.25, 0.3) is 10.0 Å². The van der Waals surface area contributed by atoms with E-state index in [9.17, 15) is 8.42 Å². The molecule has 1 unspecified atom stereocenters. The summed E-state index contributed by atoms with van der Waals surface area (Å²) < 4.78 is 36.3. The second-order valence-electron chi connectivity index (χ2n) is 5.97. The molecule has 3 rings (SSSR count). The normalized spacial score (nSPS) is 19.5. The van der Waals surface area contributed by atoms with Crippen LogP contribution >= 0.6 is 0 Å². The number of sulfonamides is 1. The van der Waals surface area contributed by atoms with Gasteiger partial charge in [0.05, 0.1) is 12.9 Å². The maximum atomic E-state index is 12.9. The molecule has 1 aliphatic rings. The van der Waals surface area contributed by atoms with Crippen LogP contribution < -0.4 is 0 Å². The van der Waals surface area contributed by atoms with Gasteiger partial charge in [0.2, 0.25) is 0 Å². The summed E-state index contributed by atoms with van der Waals surface area (Å²) in [7, 11) is -0.164. The Morgan fingerprint density at radius 1 is 1.39 bits per heavy atom. The third kappa shape index (κ3) is 3.34. The van der Waals surface area contributed by atoms with Crippen LogP contribution in [-0.2, 0) is 34.9 Å². The SMILES string of the molecule is COCCC1CN(S(=O)(=O)c2cn(C)cn2)Cc2cccn2C1. The molecule has 0 aromatic carbocycles. The van der Waals surface area contributed by atoms with E-state index >= 15 is 0 Å². The molecule has 0 N–H and O–H groups in total. The van der Waals surface area contributed by atoms with Gasteiger partial charge in [-0.1, -0.05) is 0 Å². The largest absolute Gasteiger partial charge is 0.385 e. The molecule has 0 radical (unpaired) electrons. The van der Waals surface area contributed by atoms with E-state index < -0.39 is 10.0 Å². The first kappa shape index (κ1) is 16.2. The summed E-state index contributed by atoms with van der Waals surface area (Å²) in [4.78, 5) is 4.03. The fourth-order valence-corrected chi connectivity index (χ4v) is 4.40. The average Bonchev–Trinajstić information content (AvgIpc) is 3.10. The smallest absolute Gasteiger partial charge is 0.262 e. The number of hydrogen-bond acceptors (Lipinski definition) is 4. The van der Waals surface area contributed by atoms with E-state index in [2.05, 4.69) is 9.55 Å². The molecule has 126 valence electrons. The molecule has 1 aliphatic heterocycles. The second-order valence-corrected chi connectivity index (χ2v) is 7.86. The second kappa shape index (κ2) is 6.46. The highest BCUT2D eigenvalue weighted by Gasteiger charge is 2.32. The average molecular weight is 338 g/mol. The van der Waals surface area contributed by atoms with Gasteiger partial charge in [-0.05, 0) is 24.5 Å². The van der Waals surface area contributed by atoms with Crippen molar-refractivity contribution in [3.63, 3.8) is 0 Å². The van der Waals surface area contributed by atoms with E-state index in [1.54, 1.807) is 24.9 Å². The molecule has 0 saturated carbocycles. The van der Waals surface area contributed by atoms with Crippen molar-refractivity contribution in [3.05, 3.63) is 36.5 Å². The third-order valence-corrected chi connectivity index (χ3v) is 5.89. The Bertz CT molecular complexity index is 765. The molecule has 1 atom stereocenters. The maximum absolute atomic E-state index is 12.9. The number of hydrogen-bond donors (Lipinski definition) is 0. The van der Waals surface area contributed by atoms with E-state index in [-0.39, 0.29) is 10.9 Å². The summed E-state index contributed by atoms with van der Waals surface area (Å²) >= 11 is 0. The molecule has 3 heterocycles. The molecule has 0 spiro atoms. The topological polar surface area (TPSA) is 69.4 Å². The molecule has 0 amide bonds. The monoisotopic (exact) mass is 338 g/mol. The molecule has 0 aliphatic carbocycles. The van der Waals surface area contributed by atoms with Crippen molar-refractivity contribution in [1.29, 1.82) is 0 Å². The van der Waals surface area contributed by atoms with Crippen LogP contribution in [0.15, 0.2) is 35.9 Å². The molecule has 2 aromatic heterocycles. The van der Waals surface area contributed by atoms with Crippen LogP contribution in [-0.4, -0.2) is 47.1 Å². The molecular formula is C15H22N4O3S. The zero-order chi connectivity index (χ0) is 16.4. The highest BCUT2D eigenvalue weighted by molar-refractivity contribution is 7.89. The van der Waals surface area contributed by atoms with Gasteiger partial charge >= 0.3 is 0 Å². The first-order valence-corrected chi connectivity index (χ1v) is 9.06. The van der Waals surface area contributed by atoms with Crippen molar-refractivity contribution in [2.24, 2.45) is 13.0 Å². The van der Waals surface area contributed by atoms with Crippen molar-refractivity contribution in [3.8, 4) is 0 Å². The fraction of sp³-hybridized carbons (Fsp3) is 0.533. The summed E-state index contributed by atoms with van der Waals surface area (Å²) in [5.41, 5.74) is 1.00. The lowest BCUT2D eigenvalue weighted by atomic mass is 10.1. The van der Waals surface area contributed by atoms with Crippen LogP contribution in [0, 0.1) is 5.92 Å². The van der Waals surface area contributed by atoms with Crippen molar-refractivity contribution in [1.82, 2.24) is 18.4 Å². The lowest BCUT2D eigenvalue weighted by Gasteiger charge is -2.22. The molecule has 7 nitrogen and oxygen atoms in total. The number of imidazole rings is 1. The van der Waals surface area contributed by atoms with Crippen LogP contribution in [0.2, 0.25) is 0 Å². The quantitative estimate of drug-likeness (QED) is 0.818. The van der Waals surface area contributed by atoms with Gasteiger partial charge in [0, 0.05) is 51.9 Å². The Morgan fingerprint density at radius 3 is 2.91 bits per heavy atom. The van der Waals surface area contributed by atoms with E-state index in [1.807, 2.05) is 18.3 Å². The van der Waals surface area contributed by atoms with Gasteiger partial charge in [-0.15, -0.1) is 0 Å². The van der Waals surface area contributed by atoms with Gasteiger partial charge in [-0.3, -0.25) is 0 Å². The molecule has 23 heavy (non-hydrogen) atoms.